The van der Waals surface area contributed by atoms with E-state index in [0.717, 1.165) is 34.6 Å². The zero-order valence-corrected chi connectivity index (χ0v) is 14.8. The van der Waals surface area contributed by atoms with Gasteiger partial charge in [0.15, 0.2) is 0 Å². The molecule has 3 aromatic carbocycles. The Hall–Kier alpha value is -3.24. The van der Waals surface area contributed by atoms with Crippen LogP contribution >= 0.6 is 0 Å². The van der Waals surface area contributed by atoms with Crippen molar-refractivity contribution in [1.82, 2.24) is 0 Å². The van der Waals surface area contributed by atoms with E-state index in [-0.39, 0.29) is 5.92 Å². The van der Waals surface area contributed by atoms with Gasteiger partial charge in [0.1, 0.15) is 11.5 Å². The van der Waals surface area contributed by atoms with Crippen LogP contribution in [0.1, 0.15) is 36.0 Å². The molecule has 0 aliphatic carbocycles. The van der Waals surface area contributed by atoms with Crippen molar-refractivity contribution in [3.05, 3.63) is 107 Å². The number of para-hydroxylation sites is 1. The van der Waals surface area contributed by atoms with E-state index in [4.69, 9.17) is 4.74 Å². The van der Waals surface area contributed by atoms with Gasteiger partial charge in [-0.2, -0.15) is 0 Å². The van der Waals surface area contributed by atoms with Crippen LogP contribution in [0.4, 0.5) is 0 Å². The fourth-order valence-electron chi connectivity index (χ4n) is 3.35. The molecule has 1 unspecified atom stereocenters. The summed E-state index contributed by atoms with van der Waals surface area (Å²) in [7, 11) is 0. The van der Waals surface area contributed by atoms with Crippen LogP contribution in [-0.4, -0.2) is 0 Å². The minimum atomic E-state index is 0.0420. The van der Waals surface area contributed by atoms with Gasteiger partial charge in [-0.1, -0.05) is 85.5 Å². The Kier molecular flexibility index (Phi) is 4.58. The monoisotopic (exact) mass is 336 g/mol. The maximum Gasteiger partial charge on any atom is 0.135 e. The highest BCUT2D eigenvalue weighted by Crippen LogP contribution is 2.43. The molecule has 0 radical (unpaired) electrons. The van der Waals surface area contributed by atoms with Crippen LogP contribution < -0.4 is 4.74 Å². The van der Waals surface area contributed by atoms with Gasteiger partial charge in [0.05, 0.1) is 5.92 Å². The fraction of sp³-hybridized carbons (Fsp3) is 0.120. The lowest BCUT2D eigenvalue weighted by Gasteiger charge is -2.28. The first kappa shape index (κ1) is 16.2. The first-order chi connectivity index (χ1) is 12.9. The second kappa shape index (κ2) is 7.33. The van der Waals surface area contributed by atoms with Gasteiger partial charge in [-0.3, -0.25) is 0 Å². The molecule has 0 N–H and O–H groups in total. The molecular weight excluding hydrogens is 316 g/mol. The van der Waals surface area contributed by atoms with Crippen molar-refractivity contribution < 1.29 is 4.74 Å². The van der Waals surface area contributed by atoms with Crippen molar-refractivity contribution in [3.8, 4) is 17.6 Å². The smallest absolute Gasteiger partial charge is 0.135 e. The number of ether oxygens (including phenoxy) is 1. The molecule has 0 saturated carbocycles. The summed E-state index contributed by atoms with van der Waals surface area (Å²) >= 11 is 0. The van der Waals surface area contributed by atoms with E-state index in [9.17, 15) is 0 Å². The minimum Gasteiger partial charge on any atom is -0.456 e. The van der Waals surface area contributed by atoms with Crippen molar-refractivity contribution in [3.63, 3.8) is 0 Å². The average Bonchev–Trinajstić information content (AvgIpc) is 2.72. The van der Waals surface area contributed by atoms with E-state index in [2.05, 4.69) is 43.0 Å². The normalized spacial score (nSPS) is 15.5. The maximum absolute atomic E-state index is 6.32. The Bertz CT molecular complexity index is 988. The molecule has 1 atom stereocenters. The Labute approximate surface area is 155 Å². The highest BCUT2D eigenvalue weighted by molar-refractivity contribution is 5.72. The zero-order chi connectivity index (χ0) is 17.8. The van der Waals surface area contributed by atoms with E-state index in [1.807, 2.05) is 60.7 Å². The van der Waals surface area contributed by atoms with E-state index >= 15 is 0 Å². The van der Waals surface area contributed by atoms with Gasteiger partial charge in [-0.15, -0.1) is 0 Å². The topological polar surface area (TPSA) is 9.23 Å². The number of benzene rings is 3. The van der Waals surface area contributed by atoms with E-state index < -0.39 is 0 Å². The molecule has 26 heavy (non-hydrogen) atoms. The summed E-state index contributed by atoms with van der Waals surface area (Å²) in [6.45, 7) is 2.17. The van der Waals surface area contributed by atoms with Crippen LogP contribution in [0.15, 0.2) is 90.5 Å². The highest BCUT2D eigenvalue weighted by Gasteiger charge is 2.28. The van der Waals surface area contributed by atoms with Crippen molar-refractivity contribution in [2.75, 3.05) is 0 Å². The average molecular weight is 336 g/mol. The van der Waals surface area contributed by atoms with E-state index in [0.29, 0.717) is 0 Å². The maximum atomic E-state index is 6.32. The SMILES string of the molecule is CCC1=C(c2ccccc2)Oc2ccccc2C1C#Cc1ccccc1. The van der Waals surface area contributed by atoms with Crippen LogP contribution in [0.25, 0.3) is 5.76 Å². The third-order valence-electron chi connectivity index (χ3n) is 4.63. The summed E-state index contributed by atoms with van der Waals surface area (Å²) in [6.07, 6.45) is 0.896. The molecule has 1 nitrogen and oxygen atoms in total. The van der Waals surface area contributed by atoms with Crippen LogP contribution in [-0.2, 0) is 0 Å². The summed E-state index contributed by atoms with van der Waals surface area (Å²) in [5.41, 5.74) is 4.52. The summed E-state index contributed by atoms with van der Waals surface area (Å²) in [4.78, 5) is 0. The molecule has 0 saturated heterocycles. The number of hydrogen-bond donors (Lipinski definition) is 0. The lowest BCUT2D eigenvalue weighted by atomic mass is 9.85. The van der Waals surface area contributed by atoms with Gasteiger partial charge < -0.3 is 4.74 Å². The Morgan fingerprint density at radius 2 is 1.46 bits per heavy atom. The number of rotatable bonds is 2. The van der Waals surface area contributed by atoms with Gasteiger partial charge in [0.25, 0.3) is 0 Å². The van der Waals surface area contributed by atoms with Crippen LogP contribution in [0.3, 0.4) is 0 Å². The van der Waals surface area contributed by atoms with Crippen molar-refractivity contribution in [2.45, 2.75) is 19.3 Å². The summed E-state index contributed by atoms with van der Waals surface area (Å²) in [6, 6.07) is 28.7. The molecule has 0 amide bonds. The van der Waals surface area contributed by atoms with Crippen molar-refractivity contribution in [2.24, 2.45) is 0 Å². The van der Waals surface area contributed by atoms with Gasteiger partial charge >= 0.3 is 0 Å². The fourth-order valence-corrected chi connectivity index (χ4v) is 3.35. The molecule has 1 heteroatoms. The quantitative estimate of drug-likeness (QED) is 0.519. The molecule has 1 aliphatic rings. The molecule has 1 heterocycles. The summed E-state index contributed by atoms with van der Waals surface area (Å²) in [5.74, 6) is 8.74. The lowest BCUT2D eigenvalue weighted by Crippen LogP contribution is -2.14. The molecule has 0 aromatic heterocycles. The zero-order valence-electron chi connectivity index (χ0n) is 14.8. The van der Waals surface area contributed by atoms with Crippen LogP contribution in [0.2, 0.25) is 0 Å². The molecule has 0 fully saturated rings. The van der Waals surface area contributed by atoms with Gasteiger partial charge in [0, 0.05) is 16.7 Å². The van der Waals surface area contributed by atoms with Gasteiger partial charge in [-0.05, 0) is 30.2 Å². The largest absolute Gasteiger partial charge is 0.456 e. The molecule has 0 bridgehead atoms. The first-order valence-electron chi connectivity index (χ1n) is 8.98. The first-order valence-corrected chi connectivity index (χ1v) is 8.98. The number of allylic oxidation sites excluding steroid dienone is 1. The van der Waals surface area contributed by atoms with Crippen LogP contribution in [0.5, 0.6) is 5.75 Å². The second-order valence-electron chi connectivity index (χ2n) is 6.28. The molecule has 126 valence electrons. The molecule has 1 aliphatic heterocycles. The van der Waals surface area contributed by atoms with Gasteiger partial charge in [-0.25, -0.2) is 0 Å². The molecule has 3 aromatic rings. The van der Waals surface area contributed by atoms with Gasteiger partial charge in [0.2, 0.25) is 0 Å². The lowest BCUT2D eigenvalue weighted by molar-refractivity contribution is 0.483. The Balaban J connectivity index is 1.86. The van der Waals surface area contributed by atoms with Crippen molar-refractivity contribution in [1.29, 1.82) is 0 Å². The summed E-state index contributed by atoms with van der Waals surface area (Å²) in [5, 5.41) is 0. The molecule has 4 rings (SSSR count). The third kappa shape index (κ3) is 3.15. The molecule has 0 spiro atoms. The Morgan fingerprint density at radius 1 is 0.808 bits per heavy atom. The van der Waals surface area contributed by atoms with Crippen molar-refractivity contribution >= 4 is 5.76 Å². The number of hydrogen-bond acceptors (Lipinski definition) is 1. The standard InChI is InChI=1S/C25H20O/c1-2-21-22(18-17-19-11-5-3-6-12-19)23-15-9-10-16-24(23)26-25(21)20-13-7-4-8-14-20/h3-16,22H,2H2,1H3. The highest BCUT2D eigenvalue weighted by atomic mass is 16.5. The predicted molar refractivity (Wildman–Crippen MR) is 107 cm³/mol. The predicted octanol–water partition coefficient (Wildman–Crippen LogP) is 6.04. The third-order valence-corrected chi connectivity index (χ3v) is 4.63. The van der Waals surface area contributed by atoms with E-state index in [1.165, 1.54) is 5.57 Å². The molecular formula is C25H20O. The number of fused-ring (bicyclic) bond motifs is 1. The van der Waals surface area contributed by atoms with E-state index in [1.54, 1.807) is 0 Å². The van der Waals surface area contributed by atoms with Crippen LogP contribution in [0, 0.1) is 11.8 Å². The summed E-state index contributed by atoms with van der Waals surface area (Å²) < 4.78 is 6.32. The minimum absolute atomic E-state index is 0.0420. The Morgan fingerprint density at radius 3 is 2.19 bits per heavy atom. The second-order valence-corrected chi connectivity index (χ2v) is 6.28.